The molecule has 1 aromatic carbocycles. The van der Waals surface area contributed by atoms with Crippen molar-refractivity contribution in [3.05, 3.63) is 29.8 Å². The van der Waals surface area contributed by atoms with Crippen molar-refractivity contribution in [2.45, 2.75) is 36.6 Å². The van der Waals surface area contributed by atoms with Crippen molar-refractivity contribution in [2.24, 2.45) is 5.10 Å². The zero-order valence-electron chi connectivity index (χ0n) is 12.0. The van der Waals surface area contributed by atoms with E-state index in [1.54, 1.807) is 11.8 Å². The maximum absolute atomic E-state index is 12.0. The van der Waals surface area contributed by atoms with Crippen LogP contribution in [0.4, 0.5) is 0 Å². The van der Waals surface area contributed by atoms with Crippen molar-refractivity contribution in [3.8, 4) is 0 Å². The first-order chi connectivity index (χ1) is 9.39. The molecule has 0 bridgehead atoms. The molecular weight excluding hydrogens is 292 g/mol. The Labute approximate surface area is 127 Å². The molecule has 108 valence electrons. The molecule has 6 heteroatoms. The van der Waals surface area contributed by atoms with E-state index in [-0.39, 0.29) is 5.97 Å². The smallest absolute Gasteiger partial charge is 0.341 e. The Kier molecular flexibility index (Phi) is 4.65. The predicted molar refractivity (Wildman–Crippen MR) is 85.1 cm³/mol. The zero-order valence-corrected chi connectivity index (χ0v) is 13.6. The Bertz CT molecular complexity index is 521. The first-order valence-electron chi connectivity index (χ1n) is 6.26. The Hall–Kier alpha value is -1.14. The van der Waals surface area contributed by atoms with Crippen LogP contribution in [0.1, 0.15) is 26.3 Å². The highest BCUT2D eigenvalue weighted by Gasteiger charge is 2.31. The first-order valence-corrected chi connectivity index (χ1v) is 8.36. The van der Waals surface area contributed by atoms with Gasteiger partial charge in [0, 0.05) is 10.5 Å². The van der Waals surface area contributed by atoms with Crippen molar-refractivity contribution in [3.63, 3.8) is 0 Å². The molecule has 1 heterocycles. The minimum absolute atomic E-state index is 0.290. The van der Waals surface area contributed by atoms with Gasteiger partial charge in [0.05, 0.1) is 0 Å². The summed E-state index contributed by atoms with van der Waals surface area (Å²) >= 11 is 3.08. The highest BCUT2D eigenvalue weighted by molar-refractivity contribution is 8.15. The SMILES string of the molecule is CSc1ccc(C2=NNC(C(=O)OC(C)(C)C)S2)cc1. The number of carbonyl (C=O) groups is 1. The van der Waals surface area contributed by atoms with Crippen molar-refractivity contribution in [1.82, 2.24) is 5.43 Å². The van der Waals surface area contributed by atoms with Gasteiger partial charge in [0.25, 0.3) is 0 Å². The summed E-state index contributed by atoms with van der Waals surface area (Å²) in [7, 11) is 0. The number of rotatable bonds is 3. The van der Waals surface area contributed by atoms with E-state index >= 15 is 0 Å². The summed E-state index contributed by atoms with van der Waals surface area (Å²) in [5, 5.41) is 4.56. The zero-order chi connectivity index (χ0) is 14.8. The number of ether oxygens (including phenoxy) is 1. The van der Waals surface area contributed by atoms with Crippen molar-refractivity contribution in [1.29, 1.82) is 0 Å². The van der Waals surface area contributed by atoms with Gasteiger partial charge < -0.3 is 4.74 Å². The second-order valence-corrected chi connectivity index (χ2v) is 7.28. The van der Waals surface area contributed by atoms with Crippen molar-refractivity contribution < 1.29 is 9.53 Å². The number of nitrogens with one attached hydrogen (secondary N) is 1. The van der Waals surface area contributed by atoms with E-state index in [0.29, 0.717) is 0 Å². The molecule has 0 saturated carbocycles. The van der Waals surface area contributed by atoms with Crippen LogP contribution < -0.4 is 5.43 Å². The average molecular weight is 310 g/mol. The van der Waals surface area contributed by atoms with Gasteiger partial charge in [0.15, 0.2) is 5.37 Å². The number of carbonyl (C=O) groups excluding carboxylic acids is 1. The standard InChI is InChI=1S/C14H18N2O2S2/c1-14(2,3)18-13(17)12-16-15-11(20-12)9-5-7-10(19-4)8-6-9/h5-8,12,16H,1-4H3. The number of benzene rings is 1. The Morgan fingerprint density at radius 3 is 2.55 bits per heavy atom. The average Bonchev–Trinajstić information content (AvgIpc) is 2.86. The molecule has 1 aromatic rings. The number of thioether (sulfide) groups is 2. The van der Waals surface area contributed by atoms with Crippen LogP contribution in [-0.4, -0.2) is 28.2 Å². The Balaban J connectivity index is 1.99. The quantitative estimate of drug-likeness (QED) is 0.687. The van der Waals surface area contributed by atoms with Gasteiger partial charge in [0.1, 0.15) is 10.6 Å². The van der Waals surface area contributed by atoms with Gasteiger partial charge in [-0.1, -0.05) is 23.9 Å². The lowest BCUT2D eigenvalue weighted by Crippen LogP contribution is -2.34. The van der Waals surface area contributed by atoms with Crippen molar-refractivity contribution in [2.75, 3.05) is 6.26 Å². The van der Waals surface area contributed by atoms with Gasteiger partial charge in [-0.2, -0.15) is 5.10 Å². The van der Waals surface area contributed by atoms with Crippen LogP contribution in [0, 0.1) is 0 Å². The third-order valence-corrected chi connectivity index (χ3v) is 4.30. The summed E-state index contributed by atoms with van der Waals surface area (Å²) in [6, 6.07) is 8.11. The lowest BCUT2D eigenvalue weighted by atomic mass is 10.2. The van der Waals surface area contributed by atoms with Gasteiger partial charge in [0.2, 0.25) is 0 Å². The minimum Gasteiger partial charge on any atom is -0.458 e. The number of hydrazone groups is 1. The van der Waals surface area contributed by atoms with Crippen LogP contribution in [-0.2, 0) is 9.53 Å². The number of hydrogen-bond acceptors (Lipinski definition) is 6. The fourth-order valence-electron chi connectivity index (χ4n) is 1.60. The van der Waals surface area contributed by atoms with Crippen LogP contribution >= 0.6 is 23.5 Å². The number of nitrogens with zero attached hydrogens (tertiary/aromatic N) is 1. The van der Waals surface area contributed by atoms with Crippen LogP contribution in [0.25, 0.3) is 0 Å². The Morgan fingerprint density at radius 2 is 2.00 bits per heavy atom. The van der Waals surface area contributed by atoms with E-state index < -0.39 is 11.0 Å². The van der Waals surface area contributed by atoms with Gasteiger partial charge in [-0.3, -0.25) is 5.43 Å². The van der Waals surface area contributed by atoms with Crippen molar-refractivity contribution >= 4 is 34.5 Å². The van der Waals surface area contributed by atoms with Gasteiger partial charge in [-0.15, -0.1) is 11.8 Å². The maximum atomic E-state index is 12.0. The number of hydrogen-bond donors (Lipinski definition) is 1. The topological polar surface area (TPSA) is 50.7 Å². The molecule has 2 rings (SSSR count). The van der Waals surface area contributed by atoms with E-state index in [4.69, 9.17) is 4.74 Å². The number of esters is 1. The molecule has 0 spiro atoms. The van der Waals surface area contributed by atoms with Gasteiger partial charge in [-0.25, -0.2) is 4.79 Å². The molecule has 1 unspecified atom stereocenters. The van der Waals surface area contributed by atoms with E-state index in [1.807, 2.05) is 51.3 Å². The minimum atomic E-state index is -0.484. The lowest BCUT2D eigenvalue weighted by Gasteiger charge is -2.21. The summed E-state index contributed by atoms with van der Waals surface area (Å²) in [5.41, 5.74) is 3.35. The monoisotopic (exact) mass is 310 g/mol. The third-order valence-electron chi connectivity index (χ3n) is 2.47. The maximum Gasteiger partial charge on any atom is 0.341 e. The first kappa shape index (κ1) is 15.3. The van der Waals surface area contributed by atoms with E-state index in [0.717, 1.165) is 10.6 Å². The van der Waals surface area contributed by atoms with E-state index in [1.165, 1.54) is 16.7 Å². The van der Waals surface area contributed by atoms with E-state index in [2.05, 4.69) is 10.5 Å². The lowest BCUT2D eigenvalue weighted by molar-refractivity contribution is -0.154. The molecule has 4 nitrogen and oxygen atoms in total. The molecule has 1 aliphatic rings. The summed E-state index contributed by atoms with van der Waals surface area (Å²) in [4.78, 5) is 13.2. The molecule has 20 heavy (non-hydrogen) atoms. The summed E-state index contributed by atoms with van der Waals surface area (Å²) < 4.78 is 5.34. The van der Waals surface area contributed by atoms with Gasteiger partial charge in [-0.05, 0) is 39.2 Å². The van der Waals surface area contributed by atoms with Crippen LogP contribution in [0.15, 0.2) is 34.3 Å². The fraction of sp³-hybridized carbons (Fsp3) is 0.429. The second kappa shape index (κ2) is 6.10. The van der Waals surface area contributed by atoms with Crippen LogP contribution in [0.5, 0.6) is 0 Å². The third kappa shape index (κ3) is 3.93. The molecule has 0 aromatic heterocycles. The predicted octanol–water partition coefficient (Wildman–Crippen LogP) is 3.07. The highest BCUT2D eigenvalue weighted by atomic mass is 32.2. The molecular formula is C14H18N2O2S2. The van der Waals surface area contributed by atoms with E-state index in [9.17, 15) is 4.79 Å². The second-order valence-electron chi connectivity index (χ2n) is 5.31. The molecule has 1 atom stereocenters. The largest absolute Gasteiger partial charge is 0.458 e. The normalized spacial score (nSPS) is 18.4. The van der Waals surface area contributed by atoms with Gasteiger partial charge >= 0.3 is 5.97 Å². The highest BCUT2D eigenvalue weighted by Crippen LogP contribution is 2.26. The summed E-state index contributed by atoms with van der Waals surface area (Å²) in [5.74, 6) is -0.290. The molecule has 0 fully saturated rings. The molecule has 0 aliphatic carbocycles. The fourth-order valence-corrected chi connectivity index (χ4v) is 2.86. The van der Waals surface area contributed by atoms with Crippen LogP contribution in [0.2, 0.25) is 0 Å². The molecule has 0 radical (unpaired) electrons. The molecule has 1 N–H and O–H groups in total. The summed E-state index contributed by atoms with van der Waals surface area (Å²) in [6.07, 6.45) is 2.04. The molecule has 0 saturated heterocycles. The molecule has 0 amide bonds. The molecule has 1 aliphatic heterocycles. The van der Waals surface area contributed by atoms with Crippen LogP contribution in [0.3, 0.4) is 0 Å². The Morgan fingerprint density at radius 1 is 1.35 bits per heavy atom. The summed E-state index contributed by atoms with van der Waals surface area (Å²) in [6.45, 7) is 5.56.